The highest BCUT2D eigenvalue weighted by Crippen LogP contribution is 2.37. The van der Waals surface area contributed by atoms with E-state index in [4.69, 9.17) is 5.11 Å². The minimum atomic E-state index is -1.04. The Morgan fingerprint density at radius 2 is 1.34 bits per heavy atom. The van der Waals surface area contributed by atoms with Crippen LogP contribution in [-0.4, -0.2) is 28.8 Å². The van der Waals surface area contributed by atoms with E-state index in [9.17, 15) is 19.2 Å². The van der Waals surface area contributed by atoms with Crippen molar-refractivity contribution in [2.75, 3.05) is 10.2 Å². The van der Waals surface area contributed by atoms with E-state index in [1.54, 1.807) is 24.3 Å². The second-order valence-electron chi connectivity index (χ2n) is 7.05. The van der Waals surface area contributed by atoms with Gasteiger partial charge >= 0.3 is 5.97 Å². The summed E-state index contributed by atoms with van der Waals surface area (Å²) in [5.74, 6) is -2.41. The lowest BCUT2D eigenvalue weighted by Crippen LogP contribution is -2.30. The Morgan fingerprint density at radius 3 is 1.86 bits per heavy atom. The summed E-state index contributed by atoms with van der Waals surface area (Å²) in [6, 6.07) is 12.1. The van der Waals surface area contributed by atoms with Crippen LogP contribution in [0.3, 0.4) is 0 Å². The number of benzene rings is 2. The number of amides is 3. The van der Waals surface area contributed by atoms with Crippen molar-refractivity contribution in [2.24, 2.45) is 11.8 Å². The molecule has 0 bridgehead atoms. The van der Waals surface area contributed by atoms with Crippen molar-refractivity contribution in [1.82, 2.24) is 0 Å². The molecule has 146 valence electrons. The first-order chi connectivity index (χ1) is 14.0. The Labute approximate surface area is 166 Å². The van der Waals surface area contributed by atoms with Crippen LogP contribution >= 0.6 is 0 Å². The van der Waals surface area contributed by atoms with Crippen LogP contribution in [0.25, 0.3) is 0 Å². The first-order valence-corrected chi connectivity index (χ1v) is 9.23. The number of anilines is 2. The van der Waals surface area contributed by atoms with Crippen molar-refractivity contribution < 1.29 is 24.3 Å². The third-order valence-electron chi connectivity index (χ3n) is 5.28. The average molecular weight is 390 g/mol. The van der Waals surface area contributed by atoms with Gasteiger partial charge in [0.05, 0.1) is 23.1 Å². The molecule has 1 saturated heterocycles. The van der Waals surface area contributed by atoms with Crippen LogP contribution in [0.4, 0.5) is 11.4 Å². The number of hydrogen-bond acceptors (Lipinski definition) is 4. The van der Waals surface area contributed by atoms with E-state index >= 15 is 0 Å². The van der Waals surface area contributed by atoms with Crippen LogP contribution in [0, 0.1) is 11.8 Å². The number of nitrogens with zero attached hydrogens (tertiary/aromatic N) is 1. The zero-order valence-electron chi connectivity index (χ0n) is 15.4. The van der Waals surface area contributed by atoms with E-state index < -0.39 is 5.97 Å². The summed E-state index contributed by atoms with van der Waals surface area (Å²) in [5, 5.41) is 11.6. The van der Waals surface area contributed by atoms with Crippen molar-refractivity contribution >= 4 is 35.1 Å². The number of nitrogens with one attached hydrogen (secondary N) is 1. The van der Waals surface area contributed by atoms with Crippen LogP contribution in [-0.2, 0) is 9.59 Å². The molecule has 0 unspecified atom stereocenters. The quantitative estimate of drug-likeness (QED) is 0.617. The number of fused-ring (bicyclic) bond motifs is 1. The van der Waals surface area contributed by atoms with Gasteiger partial charge in [-0.15, -0.1) is 0 Å². The summed E-state index contributed by atoms with van der Waals surface area (Å²) in [6.45, 7) is 0. The van der Waals surface area contributed by atoms with Gasteiger partial charge in [-0.3, -0.25) is 19.3 Å². The number of carboxylic acids is 1. The summed E-state index contributed by atoms with van der Waals surface area (Å²) in [5.41, 5.74) is 1.40. The van der Waals surface area contributed by atoms with Crippen molar-refractivity contribution in [3.05, 3.63) is 71.8 Å². The molecule has 2 aliphatic rings. The molecule has 29 heavy (non-hydrogen) atoms. The lowest BCUT2D eigenvalue weighted by molar-refractivity contribution is -0.122. The molecule has 2 N–H and O–H groups in total. The summed E-state index contributed by atoms with van der Waals surface area (Å²) in [6.07, 6.45) is 5.03. The van der Waals surface area contributed by atoms with Crippen molar-refractivity contribution in [3.63, 3.8) is 0 Å². The fourth-order valence-corrected chi connectivity index (χ4v) is 3.72. The number of rotatable bonds is 4. The standard InChI is InChI=1S/C22H18N2O5/c25-19(23-15-9-5-14(6-10-15)22(28)29)13-7-11-16(12-8-13)24-20(26)17-3-1-2-4-18(17)21(24)27/h1-2,5-12,17-18H,3-4H2,(H,23,25)(H,28,29)/t17-,18-/m0/s1. The Balaban J connectivity index is 1.47. The lowest BCUT2D eigenvalue weighted by Gasteiger charge is -2.15. The zero-order chi connectivity index (χ0) is 20.5. The molecule has 2 aromatic carbocycles. The smallest absolute Gasteiger partial charge is 0.335 e. The topological polar surface area (TPSA) is 104 Å². The van der Waals surface area contributed by atoms with Crippen LogP contribution in [0.1, 0.15) is 33.6 Å². The normalized spacial score (nSPS) is 20.5. The highest BCUT2D eigenvalue weighted by atomic mass is 16.4. The molecule has 4 rings (SSSR count). The number of allylic oxidation sites excluding steroid dienone is 2. The van der Waals surface area contributed by atoms with E-state index in [-0.39, 0.29) is 35.1 Å². The Bertz CT molecular complexity index is 998. The molecule has 1 heterocycles. The van der Waals surface area contributed by atoms with Gasteiger partial charge < -0.3 is 10.4 Å². The maximum absolute atomic E-state index is 12.6. The molecule has 2 atom stereocenters. The molecule has 0 aromatic heterocycles. The van der Waals surface area contributed by atoms with E-state index in [0.29, 0.717) is 29.8 Å². The number of carbonyl (C=O) groups is 4. The summed E-state index contributed by atoms with van der Waals surface area (Å²) < 4.78 is 0. The molecule has 0 saturated carbocycles. The summed E-state index contributed by atoms with van der Waals surface area (Å²) in [7, 11) is 0. The van der Waals surface area contributed by atoms with Gasteiger partial charge in [-0.05, 0) is 61.4 Å². The predicted octanol–water partition coefficient (Wildman–Crippen LogP) is 3.09. The van der Waals surface area contributed by atoms with Crippen LogP contribution in [0.15, 0.2) is 60.7 Å². The molecule has 7 heteroatoms. The van der Waals surface area contributed by atoms with Gasteiger partial charge in [0.25, 0.3) is 5.91 Å². The molecule has 3 amide bonds. The molecule has 7 nitrogen and oxygen atoms in total. The molecular formula is C22H18N2O5. The first-order valence-electron chi connectivity index (χ1n) is 9.23. The van der Waals surface area contributed by atoms with Crippen molar-refractivity contribution in [2.45, 2.75) is 12.8 Å². The lowest BCUT2D eigenvalue weighted by atomic mass is 9.85. The van der Waals surface area contributed by atoms with Gasteiger partial charge in [0.2, 0.25) is 11.8 Å². The second kappa shape index (κ2) is 7.35. The first kappa shape index (κ1) is 18.6. The third-order valence-corrected chi connectivity index (χ3v) is 5.28. The minimum Gasteiger partial charge on any atom is -0.478 e. The van der Waals surface area contributed by atoms with E-state index in [1.807, 2.05) is 12.2 Å². The van der Waals surface area contributed by atoms with Crippen LogP contribution in [0.2, 0.25) is 0 Å². The highest BCUT2D eigenvalue weighted by Gasteiger charge is 2.47. The molecule has 1 aliphatic carbocycles. The van der Waals surface area contributed by atoms with E-state index in [2.05, 4.69) is 5.32 Å². The van der Waals surface area contributed by atoms with Gasteiger partial charge in [-0.2, -0.15) is 0 Å². The van der Waals surface area contributed by atoms with E-state index in [0.717, 1.165) is 0 Å². The molecule has 1 aliphatic heterocycles. The van der Waals surface area contributed by atoms with E-state index in [1.165, 1.54) is 29.2 Å². The SMILES string of the molecule is O=C(O)c1ccc(NC(=O)c2ccc(N3C(=O)[C@H]4CC=CC[C@@H]4C3=O)cc2)cc1. The maximum Gasteiger partial charge on any atom is 0.335 e. The van der Waals surface area contributed by atoms with Gasteiger partial charge in [-0.1, -0.05) is 12.2 Å². The zero-order valence-corrected chi connectivity index (χ0v) is 15.4. The molecule has 0 radical (unpaired) electrons. The number of hydrogen-bond donors (Lipinski definition) is 2. The average Bonchev–Trinajstić information content (AvgIpc) is 2.99. The largest absolute Gasteiger partial charge is 0.478 e. The number of carbonyl (C=O) groups excluding carboxylic acids is 3. The Kier molecular flexibility index (Phi) is 4.72. The molecule has 2 aromatic rings. The highest BCUT2D eigenvalue weighted by molar-refractivity contribution is 6.22. The number of imide groups is 1. The monoisotopic (exact) mass is 390 g/mol. The fourth-order valence-electron chi connectivity index (χ4n) is 3.72. The van der Waals surface area contributed by atoms with Crippen molar-refractivity contribution in [3.8, 4) is 0 Å². The van der Waals surface area contributed by atoms with Gasteiger partial charge in [0, 0.05) is 11.3 Å². The predicted molar refractivity (Wildman–Crippen MR) is 106 cm³/mol. The molecule has 1 fully saturated rings. The number of aromatic carboxylic acids is 1. The van der Waals surface area contributed by atoms with Crippen molar-refractivity contribution in [1.29, 1.82) is 0 Å². The van der Waals surface area contributed by atoms with Gasteiger partial charge in [0.15, 0.2) is 0 Å². The van der Waals surface area contributed by atoms with Crippen LogP contribution in [0.5, 0.6) is 0 Å². The van der Waals surface area contributed by atoms with Gasteiger partial charge in [-0.25, -0.2) is 4.79 Å². The third kappa shape index (κ3) is 3.42. The molecule has 0 spiro atoms. The molecular weight excluding hydrogens is 372 g/mol. The van der Waals surface area contributed by atoms with Gasteiger partial charge in [0.1, 0.15) is 0 Å². The summed E-state index contributed by atoms with van der Waals surface area (Å²) >= 11 is 0. The second-order valence-corrected chi connectivity index (χ2v) is 7.05. The van der Waals surface area contributed by atoms with Crippen LogP contribution < -0.4 is 10.2 Å². The number of carboxylic acid groups (broad SMARTS) is 1. The summed E-state index contributed by atoms with van der Waals surface area (Å²) in [4.78, 5) is 49.8. The Morgan fingerprint density at radius 1 is 0.828 bits per heavy atom. The minimum absolute atomic E-state index is 0.128. The maximum atomic E-state index is 12.6. The Hall–Kier alpha value is -3.74. The fraction of sp³-hybridized carbons (Fsp3) is 0.182.